The third kappa shape index (κ3) is 14.8. The Morgan fingerprint density at radius 1 is 0.373 bits per heavy atom. The van der Waals surface area contributed by atoms with E-state index in [1.165, 1.54) is 12.9 Å². The number of amides is 2. The Labute approximate surface area is 496 Å². The molecule has 452 valence electrons. The largest absolute Gasteiger partial charge is 0.274 e. The molecule has 15 nitrogen and oxygen atoms in total. The molecular weight excluding hydrogens is 1130 g/mol. The quantitative estimate of drug-likeness (QED) is 0.0381. The van der Waals surface area contributed by atoms with Crippen LogP contribution in [0.4, 0.5) is 0 Å². The summed E-state index contributed by atoms with van der Waals surface area (Å²) >= 11 is 0. The standard InChI is InChI=1S/C64H87N5O10S4/c1-44-35-48(5)59(49(6)36-44)80(72,73)65(28-20-30-67(82(76,77)61-52(9)39-46(3)40-53(61)10)32-22-34-69-63(70)57-25-17-18-26-58(57)64(69)71)27-19-29-66(81(74,75)60-50(7)37-45(2)38-51(60)8)31-21-33-68(43-56-23-15-13-14-16-24-56)83(78,79)62-54(11)41-47(4)42-55(62)12/h17-18,25-26,35-42,56H,13-16,19-24,27-34,43H2,1-12H3. The maximum absolute atomic E-state index is 15.2. The molecule has 0 unspecified atom stereocenters. The number of rotatable bonds is 26. The van der Waals surface area contributed by atoms with Gasteiger partial charge in [-0.2, -0.15) is 17.2 Å². The average molecular weight is 1210 g/mol. The number of aryl methyl sites for hydroxylation is 12. The lowest BCUT2D eigenvalue weighted by atomic mass is 10.0. The summed E-state index contributed by atoms with van der Waals surface area (Å²) in [7, 11) is -16.8. The van der Waals surface area contributed by atoms with Gasteiger partial charge in [0.05, 0.1) is 30.7 Å². The van der Waals surface area contributed by atoms with E-state index in [1.54, 1.807) is 94.4 Å². The lowest BCUT2D eigenvalue weighted by Crippen LogP contribution is -2.41. The van der Waals surface area contributed by atoms with Crippen molar-refractivity contribution >= 4 is 51.9 Å². The van der Waals surface area contributed by atoms with E-state index in [2.05, 4.69) is 0 Å². The summed E-state index contributed by atoms with van der Waals surface area (Å²) in [6.45, 7) is 21.4. The fourth-order valence-corrected chi connectivity index (χ4v) is 20.9. The lowest BCUT2D eigenvalue weighted by Gasteiger charge is -2.30. The van der Waals surface area contributed by atoms with Gasteiger partial charge in [0.2, 0.25) is 40.1 Å². The molecule has 0 bridgehead atoms. The van der Waals surface area contributed by atoms with Gasteiger partial charge in [0.1, 0.15) is 0 Å². The van der Waals surface area contributed by atoms with Crippen LogP contribution in [0.1, 0.15) is 152 Å². The molecule has 19 heteroatoms. The van der Waals surface area contributed by atoms with E-state index >= 15 is 16.8 Å². The van der Waals surface area contributed by atoms with Crippen LogP contribution in [0.25, 0.3) is 0 Å². The first kappa shape index (κ1) is 65.4. The molecule has 0 spiro atoms. The second-order valence-corrected chi connectivity index (χ2v) is 31.1. The van der Waals surface area contributed by atoms with Crippen molar-refractivity contribution in [2.24, 2.45) is 5.92 Å². The third-order valence-electron chi connectivity index (χ3n) is 16.4. The van der Waals surface area contributed by atoms with Crippen molar-refractivity contribution < 1.29 is 43.3 Å². The molecule has 0 saturated heterocycles. The number of carbonyl (C=O) groups is 2. The minimum atomic E-state index is -4.31. The lowest BCUT2D eigenvalue weighted by molar-refractivity contribution is 0.0650. The molecule has 5 aromatic rings. The minimum Gasteiger partial charge on any atom is -0.274 e. The van der Waals surface area contributed by atoms with Crippen molar-refractivity contribution in [3.8, 4) is 0 Å². The van der Waals surface area contributed by atoms with E-state index in [-0.39, 0.29) is 115 Å². The number of imide groups is 1. The highest BCUT2D eigenvalue weighted by Gasteiger charge is 2.37. The van der Waals surface area contributed by atoms with Crippen LogP contribution in [0.15, 0.2) is 92.4 Å². The molecule has 0 N–H and O–H groups in total. The van der Waals surface area contributed by atoms with Crippen LogP contribution in [-0.2, 0) is 40.1 Å². The van der Waals surface area contributed by atoms with Crippen molar-refractivity contribution in [3.63, 3.8) is 0 Å². The van der Waals surface area contributed by atoms with Crippen molar-refractivity contribution in [2.75, 3.05) is 58.9 Å². The molecule has 5 aromatic carbocycles. The van der Waals surface area contributed by atoms with Crippen LogP contribution < -0.4 is 0 Å². The summed E-state index contributed by atoms with van der Waals surface area (Å²) in [5, 5.41) is 0. The van der Waals surface area contributed by atoms with E-state index < -0.39 is 51.9 Å². The van der Waals surface area contributed by atoms with Gasteiger partial charge < -0.3 is 0 Å². The molecule has 2 aliphatic rings. The highest BCUT2D eigenvalue weighted by Crippen LogP contribution is 2.33. The van der Waals surface area contributed by atoms with Crippen LogP contribution in [0.5, 0.6) is 0 Å². The Hall–Kier alpha value is -5.12. The third-order valence-corrected chi connectivity index (χ3v) is 25.1. The smallest absolute Gasteiger partial charge is 0.261 e. The van der Waals surface area contributed by atoms with E-state index in [1.807, 2.05) is 65.8 Å². The van der Waals surface area contributed by atoms with Crippen molar-refractivity contribution in [2.45, 2.75) is 167 Å². The number of carbonyl (C=O) groups excluding carboxylic acids is 2. The molecule has 1 aliphatic heterocycles. The van der Waals surface area contributed by atoms with E-state index in [0.29, 0.717) is 51.1 Å². The Kier molecular flexibility index (Phi) is 21.3. The summed E-state index contributed by atoms with van der Waals surface area (Å²) in [5.41, 5.74) is 8.78. The molecule has 2 amide bonds. The van der Waals surface area contributed by atoms with Crippen molar-refractivity contribution in [3.05, 3.63) is 151 Å². The highest BCUT2D eigenvalue weighted by atomic mass is 32.2. The van der Waals surface area contributed by atoms with Crippen LogP contribution in [0.3, 0.4) is 0 Å². The number of fused-ring (bicyclic) bond motifs is 1. The predicted octanol–water partition coefficient (Wildman–Crippen LogP) is 11.3. The second kappa shape index (κ2) is 27.1. The molecule has 1 aliphatic carbocycles. The van der Waals surface area contributed by atoms with Gasteiger partial charge in [0, 0.05) is 58.9 Å². The maximum Gasteiger partial charge on any atom is 0.261 e. The zero-order valence-corrected chi connectivity index (χ0v) is 54.2. The summed E-state index contributed by atoms with van der Waals surface area (Å²) < 4.78 is 126. The van der Waals surface area contributed by atoms with Gasteiger partial charge >= 0.3 is 0 Å². The number of hydrogen-bond acceptors (Lipinski definition) is 10. The Morgan fingerprint density at radius 2 is 0.627 bits per heavy atom. The molecule has 0 radical (unpaired) electrons. The van der Waals surface area contributed by atoms with Crippen LogP contribution >= 0.6 is 0 Å². The van der Waals surface area contributed by atoms with E-state index in [9.17, 15) is 26.4 Å². The average Bonchev–Trinajstić information content (AvgIpc) is 3.70. The molecule has 1 heterocycles. The minimum absolute atomic E-state index is 0.0361. The Balaban J connectivity index is 1.19. The van der Waals surface area contributed by atoms with Gasteiger partial charge in [-0.05, 0) is 184 Å². The first-order valence-electron chi connectivity index (χ1n) is 29.3. The van der Waals surface area contributed by atoms with Gasteiger partial charge in [0.25, 0.3) is 11.8 Å². The zero-order valence-electron chi connectivity index (χ0n) is 50.9. The Morgan fingerprint density at radius 3 is 0.916 bits per heavy atom. The molecule has 83 heavy (non-hydrogen) atoms. The van der Waals surface area contributed by atoms with E-state index in [0.717, 1.165) is 65.7 Å². The predicted molar refractivity (Wildman–Crippen MR) is 329 cm³/mol. The molecule has 7 rings (SSSR count). The van der Waals surface area contributed by atoms with Gasteiger partial charge in [0.15, 0.2) is 0 Å². The fourth-order valence-electron chi connectivity index (χ4n) is 13.1. The van der Waals surface area contributed by atoms with Crippen LogP contribution in [-0.4, -0.2) is 127 Å². The maximum atomic E-state index is 15.2. The molecule has 1 saturated carbocycles. The number of benzene rings is 5. The summed E-state index contributed by atoms with van der Waals surface area (Å²) in [6.07, 6.45) is 6.41. The second-order valence-electron chi connectivity index (χ2n) is 23.6. The van der Waals surface area contributed by atoms with Crippen LogP contribution in [0, 0.1) is 89.0 Å². The van der Waals surface area contributed by atoms with E-state index in [4.69, 9.17) is 0 Å². The Bertz CT molecular complexity index is 3580. The normalized spacial score (nSPS) is 14.9. The first-order valence-corrected chi connectivity index (χ1v) is 35.0. The summed E-state index contributed by atoms with van der Waals surface area (Å²) in [4.78, 5) is 28.5. The van der Waals surface area contributed by atoms with Crippen molar-refractivity contribution in [1.82, 2.24) is 22.1 Å². The fraction of sp³-hybridized carbons (Fsp3) is 0.500. The summed E-state index contributed by atoms with van der Waals surface area (Å²) in [5.74, 6) is -0.754. The molecular formula is C64H87N5O10S4. The molecule has 1 fully saturated rings. The van der Waals surface area contributed by atoms with Gasteiger partial charge in [-0.25, -0.2) is 33.7 Å². The number of nitrogens with zero attached hydrogens (tertiary/aromatic N) is 5. The highest BCUT2D eigenvalue weighted by molar-refractivity contribution is 7.90. The first-order chi connectivity index (χ1) is 39.0. The zero-order chi connectivity index (χ0) is 60.9. The monoisotopic (exact) mass is 1210 g/mol. The van der Waals surface area contributed by atoms with Gasteiger partial charge in [-0.3, -0.25) is 14.5 Å². The van der Waals surface area contributed by atoms with Gasteiger partial charge in [-0.1, -0.05) is 109 Å². The number of sulfonamides is 4. The molecule has 0 aromatic heterocycles. The number of hydrogen-bond donors (Lipinski definition) is 0. The molecule has 0 atom stereocenters. The topological polar surface area (TPSA) is 187 Å². The summed E-state index contributed by atoms with van der Waals surface area (Å²) in [6, 6.07) is 21.1. The van der Waals surface area contributed by atoms with Gasteiger partial charge in [-0.15, -0.1) is 0 Å². The van der Waals surface area contributed by atoms with Crippen LogP contribution in [0.2, 0.25) is 0 Å². The SMILES string of the molecule is Cc1cc(C)c(S(=O)(=O)N(CCCN2C(=O)c3ccccc3C2=O)CCCN(CCCN(CCCN(CC2CCCCCC2)S(=O)(=O)c2c(C)cc(C)cc2C)S(=O)(=O)c2c(C)cc(C)cc2C)S(=O)(=O)c2c(C)cc(C)cc2C)c(C)c1. The van der Waals surface area contributed by atoms with Crippen molar-refractivity contribution in [1.29, 1.82) is 0 Å².